The van der Waals surface area contributed by atoms with Gasteiger partial charge in [-0.25, -0.2) is 4.79 Å². The highest BCUT2D eigenvalue weighted by atomic mass is 32.1. The van der Waals surface area contributed by atoms with Crippen LogP contribution in [0.1, 0.15) is 53.1 Å². The highest BCUT2D eigenvalue weighted by molar-refractivity contribution is 7.17. The molecule has 0 saturated carbocycles. The minimum Gasteiger partial charge on any atom is -0.484 e. The van der Waals surface area contributed by atoms with Crippen molar-refractivity contribution in [2.45, 2.75) is 51.8 Å². The van der Waals surface area contributed by atoms with Gasteiger partial charge in [0.25, 0.3) is 5.91 Å². The molecule has 1 aromatic carbocycles. The van der Waals surface area contributed by atoms with Crippen molar-refractivity contribution in [3.05, 3.63) is 45.8 Å². The van der Waals surface area contributed by atoms with E-state index >= 15 is 0 Å². The lowest BCUT2D eigenvalue weighted by molar-refractivity contribution is -0.137. The first kappa shape index (κ1) is 22.1. The zero-order valence-electron chi connectivity index (χ0n) is 16.6. The summed E-state index contributed by atoms with van der Waals surface area (Å²) in [6, 6.07) is 4.32. The van der Waals surface area contributed by atoms with E-state index in [1.165, 1.54) is 23.5 Å². The van der Waals surface area contributed by atoms with E-state index in [9.17, 15) is 22.8 Å². The maximum atomic E-state index is 12.8. The van der Waals surface area contributed by atoms with E-state index in [0.717, 1.165) is 48.3 Å². The average molecular weight is 441 g/mol. The number of halogens is 3. The van der Waals surface area contributed by atoms with Crippen LogP contribution in [0.15, 0.2) is 24.3 Å². The van der Waals surface area contributed by atoms with Gasteiger partial charge in [-0.15, -0.1) is 11.3 Å². The fraction of sp³-hybridized carbons (Fsp3) is 0.429. The first-order valence-corrected chi connectivity index (χ1v) is 10.4. The predicted molar refractivity (Wildman–Crippen MR) is 107 cm³/mol. The summed E-state index contributed by atoms with van der Waals surface area (Å²) in [5.74, 6) is -1.12. The van der Waals surface area contributed by atoms with Crippen molar-refractivity contribution in [1.82, 2.24) is 0 Å². The second-order valence-electron chi connectivity index (χ2n) is 7.23. The topological polar surface area (TPSA) is 64.6 Å². The first-order chi connectivity index (χ1) is 14.1. The van der Waals surface area contributed by atoms with Crippen LogP contribution in [0.5, 0.6) is 5.75 Å². The molecule has 1 amide bonds. The Morgan fingerprint density at radius 3 is 2.63 bits per heavy atom. The number of hydrogen-bond donors (Lipinski definition) is 1. The second kappa shape index (κ2) is 9.07. The third kappa shape index (κ3) is 5.33. The van der Waals surface area contributed by atoms with Crippen molar-refractivity contribution >= 4 is 28.2 Å². The van der Waals surface area contributed by atoms with E-state index < -0.39 is 30.2 Å². The summed E-state index contributed by atoms with van der Waals surface area (Å²) in [6.07, 6.45) is -1.26. The van der Waals surface area contributed by atoms with Crippen molar-refractivity contribution in [3.63, 3.8) is 0 Å². The Morgan fingerprint density at radius 1 is 1.20 bits per heavy atom. The molecular formula is C21H22F3NO4S. The molecule has 0 bridgehead atoms. The fourth-order valence-electron chi connectivity index (χ4n) is 3.22. The summed E-state index contributed by atoms with van der Waals surface area (Å²) in [7, 11) is 0. The van der Waals surface area contributed by atoms with Crippen LogP contribution < -0.4 is 10.1 Å². The predicted octanol–water partition coefficient (Wildman–Crippen LogP) is 5.23. The Kier molecular flexibility index (Phi) is 6.70. The van der Waals surface area contributed by atoms with E-state index in [1.807, 2.05) is 0 Å². The Hall–Kier alpha value is -2.55. The van der Waals surface area contributed by atoms with E-state index in [0.29, 0.717) is 10.6 Å². The Bertz CT molecular complexity index is 937. The summed E-state index contributed by atoms with van der Waals surface area (Å²) in [6.45, 7) is 3.01. The Balaban J connectivity index is 1.72. The Labute approximate surface area is 176 Å². The molecule has 1 N–H and O–H groups in total. The second-order valence-corrected chi connectivity index (χ2v) is 8.34. The number of amides is 1. The van der Waals surface area contributed by atoms with E-state index in [2.05, 4.69) is 5.32 Å². The van der Waals surface area contributed by atoms with Crippen molar-refractivity contribution in [3.8, 4) is 5.75 Å². The molecule has 5 nitrogen and oxygen atoms in total. The van der Waals surface area contributed by atoms with Gasteiger partial charge in [0.15, 0.2) is 6.61 Å². The van der Waals surface area contributed by atoms with Crippen LogP contribution in [0, 0.1) is 0 Å². The zero-order valence-corrected chi connectivity index (χ0v) is 17.4. The molecule has 162 valence electrons. The molecule has 1 aliphatic carbocycles. The number of thiophene rings is 1. The van der Waals surface area contributed by atoms with Gasteiger partial charge >= 0.3 is 12.1 Å². The van der Waals surface area contributed by atoms with Gasteiger partial charge in [-0.1, -0.05) is 6.07 Å². The van der Waals surface area contributed by atoms with Crippen molar-refractivity contribution in [1.29, 1.82) is 0 Å². The zero-order chi connectivity index (χ0) is 21.9. The minimum atomic E-state index is -4.50. The normalized spacial score (nSPS) is 13.7. The van der Waals surface area contributed by atoms with Crippen LogP contribution in [0.25, 0.3) is 0 Å². The number of alkyl halides is 3. The summed E-state index contributed by atoms with van der Waals surface area (Å²) >= 11 is 1.34. The van der Waals surface area contributed by atoms with Crippen LogP contribution in [-0.2, 0) is 28.5 Å². The molecule has 0 aliphatic heterocycles. The van der Waals surface area contributed by atoms with Crippen LogP contribution in [0.4, 0.5) is 18.2 Å². The third-order valence-electron chi connectivity index (χ3n) is 4.50. The average Bonchev–Trinajstić information content (AvgIpc) is 3.03. The number of anilines is 1. The fourth-order valence-corrected chi connectivity index (χ4v) is 4.51. The van der Waals surface area contributed by atoms with Crippen molar-refractivity contribution in [2.24, 2.45) is 0 Å². The van der Waals surface area contributed by atoms with Gasteiger partial charge in [0.1, 0.15) is 10.8 Å². The number of rotatable bonds is 6. The van der Waals surface area contributed by atoms with E-state index in [1.54, 1.807) is 13.8 Å². The molecule has 0 radical (unpaired) electrons. The third-order valence-corrected chi connectivity index (χ3v) is 5.71. The molecule has 3 rings (SSSR count). The molecule has 0 unspecified atom stereocenters. The minimum absolute atomic E-state index is 0.0649. The smallest absolute Gasteiger partial charge is 0.416 e. The number of carbonyl (C=O) groups is 2. The molecular weight excluding hydrogens is 419 g/mol. The van der Waals surface area contributed by atoms with Gasteiger partial charge in [0.05, 0.1) is 17.2 Å². The summed E-state index contributed by atoms with van der Waals surface area (Å²) in [5.41, 5.74) is 0.423. The molecule has 1 aromatic heterocycles. The Morgan fingerprint density at radius 2 is 1.93 bits per heavy atom. The SMILES string of the molecule is CC(C)OC(=O)c1c(NC(=O)COc2cccc(C(F)(F)F)c2)sc2c1CCCC2. The van der Waals surface area contributed by atoms with Crippen molar-refractivity contribution < 1.29 is 32.2 Å². The lowest BCUT2D eigenvalue weighted by Crippen LogP contribution is -2.22. The van der Waals surface area contributed by atoms with Crippen LogP contribution in [0.3, 0.4) is 0 Å². The van der Waals surface area contributed by atoms with Crippen LogP contribution >= 0.6 is 11.3 Å². The molecule has 0 saturated heterocycles. The summed E-state index contributed by atoms with van der Waals surface area (Å²) in [4.78, 5) is 26.0. The lowest BCUT2D eigenvalue weighted by atomic mass is 9.95. The summed E-state index contributed by atoms with van der Waals surface area (Å²) in [5, 5.41) is 3.06. The molecule has 0 fully saturated rings. The van der Waals surface area contributed by atoms with Crippen LogP contribution in [-0.4, -0.2) is 24.6 Å². The van der Waals surface area contributed by atoms with Gasteiger partial charge in [0.2, 0.25) is 0 Å². The maximum Gasteiger partial charge on any atom is 0.416 e. The number of fused-ring (bicyclic) bond motifs is 1. The molecule has 2 aromatic rings. The first-order valence-electron chi connectivity index (χ1n) is 9.60. The lowest BCUT2D eigenvalue weighted by Gasteiger charge is -2.14. The monoisotopic (exact) mass is 441 g/mol. The van der Waals surface area contributed by atoms with Crippen LogP contribution in [0.2, 0.25) is 0 Å². The molecule has 9 heteroatoms. The van der Waals surface area contributed by atoms with Gasteiger partial charge < -0.3 is 14.8 Å². The summed E-state index contributed by atoms with van der Waals surface area (Å²) < 4.78 is 49.0. The number of aryl methyl sites for hydroxylation is 1. The number of carbonyl (C=O) groups excluding carboxylic acids is 2. The number of nitrogens with one attached hydrogen (secondary N) is 1. The molecule has 1 heterocycles. The number of hydrogen-bond acceptors (Lipinski definition) is 5. The maximum absolute atomic E-state index is 12.8. The highest BCUT2D eigenvalue weighted by Crippen LogP contribution is 2.39. The van der Waals surface area contributed by atoms with Gasteiger partial charge in [-0.3, -0.25) is 4.79 Å². The van der Waals surface area contributed by atoms with Gasteiger partial charge in [-0.2, -0.15) is 13.2 Å². The highest BCUT2D eigenvalue weighted by Gasteiger charge is 2.31. The number of ether oxygens (including phenoxy) is 2. The van der Waals surface area contributed by atoms with Gasteiger partial charge in [-0.05, 0) is 63.3 Å². The largest absolute Gasteiger partial charge is 0.484 e. The number of benzene rings is 1. The molecule has 30 heavy (non-hydrogen) atoms. The van der Waals surface area contributed by atoms with Gasteiger partial charge in [0, 0.05) is 4.88 Å². The molecule has 0 spiro atoms. The standard InChI is InChI=1S/C21H22F3NO4S/c1-12(2)29-20(27)18-15-8-3-4-9-16(15)30-19(18)25-17(26)11-28-14-7-5-6-13(10-14)21(22,23)24/h5-7,10,12H,3-4,8-9,11H2,1-2H3,(H,25,26). The van der Waals surface area contributed by atoms with Crippen molar-refractivity contribution in [2.75, 3.05) is 11.9 Å². The quantitative estimate of drug-likeness (QED) is 0.624. The molecule has 1 aliphatic rings. The van der Waals surface area contributed by atoms with E-state index in [4.69, 9.17) is 9.47 Å². The molecule has 0 atom stereocenters. The number of esters is 1. The van der Waals surface area contributed by atoms with E-state index in [-0.39, 0.29) is 11.9 Å².